The summed E-state index contributed by atoms with van der Waals surface area (Å²) in [6, 6.07) is 12.3. The summed E-state index contributed by atoms with van der Waals surface area (Å²) in [6.07, 6.45) is 0.496. The predicted molar refractivity (Wildman–Crippen MR) is 198 cm³/mol. The molecule has 12 nitrogen and oxygen atoms in total. The fourth-order valence-electron chi connectivity index (χ4n) is 8.37. The van der Waals surface area contributed by atoms with Gasteiger partial charge in [-0.15, -0.1) is 0 Å². The number of fused-ring (bicyclic) bond motifs is 3. The van der Waals surface area contributed by atoms with Crippen LogP contribution in [0.3, 0.4) is 0 Å². The molecule has 286 valence electrons. The number of rotatable bonds is 7. The molecule has 3 N–H and O–H groups in total. The highest BCUT2D eigenvalue weighted by molar-refractivity contribution is 6.31. The number of anilines is 4. The zero-order valence-corrected chi connectivity index (χ0v) is 30.3. The second-order valence-electron chi connectivity index (χ2n) is 14.5. The van der Waals surface area contributed by atoms with Gasteiger partial charge in [-0.2, -0.15) is 0 Å². The number of benzene rings is 3. The zero-order valence-electron chi connectivity index (χ0n) is 29.5. The van der Waals surface area contributed by atoms with Crippen molar-refractivity contribution in [3.05, 3.63) is 82.1 Å². The van der Waals surface area contributed by atoms with Crippen LogP contribution in [-0.4, -0.2) is 89.4 Å². The van der Waals surface area contributed by atoms with Crippen LogP contribution in [0.25, 0.3) is 0 Å². The van der Waals surface area contributed by atoms with E-state index < -0.39 is 48.5 Å². The minimum Gasteiger partial charge on any atom is -0.382 e. The lowest BCUT2D eigenvalue weighted by molar-refractivity contribution is -0.137. The number of carbonyl (C=O) groups excluding carboxylic acids is 5. The average molecular weight is 776 g/mol. The summed E-state index contributed by atoms with van der Waals surface area (Å²) in [4.78, 5) is 73.9. The van der Waals surface area contributed by atoms with Crippen LogP contribution in [0.2, 0.25) is 5.02 Å². The number of halogens is 4. The van der Waals surface area contributed by atoms with Crippen LogP contribution >= 0.6 is 11.6 Å². The van der Waals surface area contributed by atoms with Crippen molar-refractivity contribution in [3.63, 3.8) is 0 Å². The van der Waals surface area contributed by atoms with Crippen LogP contribution in [0.1, 0.15) is 71.2 Å². The maximum absolute atomic E-state index is 14.4. The van der Waals surface area contributed by atoms with Crippen molar-refractivity contribution in [3.8, 4) is 0 Å². The molecule has 2 atom stereocenters. The fraction of sp³-hybridized carbons (Fsp3) is 0.385. The molecule has 0 spiro atoms. The summed E-state index contributed by atoms with van der Waals surface area (Å²) < 4.78 is 42.0. The molecule has 3 aromatic carbocycles. The molecule has 2 saturated heterocycles. The van der Waals surface area contributed by atoms with Crippen molar-refractivity contribution in [1.29, 1.82) is 0 Å². The number of likely N-dealkylation sites (tertiary alicyclic amines) is 1. The number of alkyl halides is 2. The fourth-order valence-corrected chi connectivity index (χ4v) is 8.54. The van der Waals surface area contributed by atoms with E-state index in [9.17, 15) is 37.1 Å². The van der Waals surface area contributed by atoms with Crippen LogP contribution in [0.15, 0.2) is 59.6 Å². The van der Waals surface area contributed by atoms with Gasteiger partial charge in [0.1, 0.15) is 17.7 Å². The molecule has 4 aliphatic heterocycles. The highest BCUT2D eigenvalue weighted by atomic mass is 35.5. The van der Waals surface area contributed by atoms with Crippen molar-refractivity contribution in [2.75, 3.05) is 35.2 Å². The van der Waals surface area contributed by atoms with Gasteiger partial charge in [-0.05, 0) is 87.1 Å². The molecule has 1 aliphatic carbocycles. The smallest absolute Gasteiger partial charge is 0.264 e. The van der Waals surface area contributed by atoms with Gasteiger partial charge >= 0.3 is 0 Å². The molecule has 2 unspecified atom stereocenters. The SMILES string of the molecule is O=C1CCC(N2C(=O)c3cccc(NC4CCC(C(=O)N5CCC(N=C6Nc7cc(F)ccc7N(CC(F)F)c7ccc(Cl)cc76)C5)CC4)c3C2=O)C(=O)N1. The van der Waals surface area contributed by atoms with Gasteiger partial charge in [-0.3, -0.25) is 39.2 Å². The molecular formula is C39H37ClF3N7O5. The number of carbonyl (C=O) groups is 5. The number of nitrogens with one attached hydrogen (secondary N) is 3. The van der Waals surface area contributed by atoms with Crippen LogP contribution in [-0.2, 0) is 14.4 Å². The zero-order chi connectivity index (χ0) is 38.5. The Bertz CT molecular complexity index is 2140. The highest BCUT2D eigenvalue weighted by Crippen LogP contribution is 2.41. The van der Waals surface area contributed by atoms with Gasteiger partial charge in [-0.25, -0.2) is 13.2 Å². The minimum atomic E-state index is -2.67. The summed E-state index contributed by atoms with van der Waals surface area (Å²) in [5.74, 6) is -2.65. The Morgan fingerprint density at radius 2 is 1.69 bits per heavy atom. The van der Waals surface area contributed by atoms with E-state index in [1.54, 1.807) is 41.3 Å². The Hall–Kier alpha value is -5.44. The summed E-state index contributed by atoms with van der Waals surface area (Å²) in [5, 5.41) is 9.17. The standard InChI is InChI=1S/C39H37ClF3N7O5/c40-21-6-10-29-26(16-21)35(46-28-17-22(41)7-11-30(28)49(29)19-32(42)43)45-24-14-15-48(18-24)37(53)20-4-8-23(9-5-20)44-27-3-1-2-25-34(27)39(55)50(38(25)54)31-12-13-33(51)47-36(31)52/h1-3,6-7,10-11,16-17,20,23-24,31-32,44H,4-5,8-9,12-15,18-19H2,(H,45,46)(H,47,51,52). The number of hydrogen-bond acceptors (Lipinski definition) is 8. The first-order chi connectivity index (χ1) is 26.4. The van der Waals surface area contributed by atoms with Crippen LogP contribution in [0, 0.1) is 11.7 Å². The summed E-state index contributed by atoms with van der Waals surface area (Å²) in [7, 11) is 0. The van der Waals surface area contributed by atoms with Gasteiger partial charge in [0, 0.05) is 47.7 Å². The first kappa shape index (κ1) is 36.5. The van der Waals surface area contributed by atoms with E-state index in [4.69, 9.17) is 16.6 Å². The van der Waals surface area contributed by atoms with E-state index in [1.807, 2.05) is 0 Å². The Morgan fingerprint density at radius 1 is 0.909 bits per heavy atom. The number of piperidine rings is 1. The van der Waals surface area contributed by atoms with Crippen LogP contribution in [0.4, 0.5) is 35.9 Å². The molecule has 0 bridgehead atoms. The number of hydrogen-bond donors (Lipinski definition) is 3. The van der Waals surface area contributed by atoms with Gasteiger partial charge in [0.2, 0.25) is 17.7 Å². The summed E-state index contributed by atoms with van der Waals surface area (Å²) in [6.45, 7) is 0.213. The molecule has 0 radical (unpaired) electrons. The normalized spacial score (nSPS) is 24.4. The second kappa shape index (κ2) is 14.7. The van der Waals surface area contributed by atoms with E-state index in [-0.39, 0.29) is 53.6 Å². The average Bonchev–Trinajstić information content (AvgIpc) is 3.69. The van der Waals surface area contributed by atoms with Gasteiger partial charge in [0.05, 0.1) is 40.8 Å². The predicted octanol–water partition coefficient (Wildman–Crippen LogP) is 5.73. The van der Waals surface area contributed by atoms with Gasteiger partial charge in [0.15, 0.2) is 0 Å². The maximum atomic E-state index is 14.4. The topological polar surface area (TPSA) is 144 Å². The number of imide groups is 2. The molecule has 3 fully saturated rings. The van der Waals surface area contributed by atoms with Crippen molar-refractivity contribution < 1.29 is 37.1 Å². The lowest BCUT2D eigenvalue weighted by atomic mass is 9.85. The number of amides is 5. The third-order valence-corrected chi connectivity index (χ3v) is 11.3. The largest absolute Gasteiger partial charge is 0.382 e. The third kappa shape index (κ3) is 7.01. The molecule has 16 heteroatoms. The molecule has 1 saturated carbocycles. The number of nitrogens with zero attached hydrogens (tertiary/aromatic N) is 4. The van der Waals surface area contributed by atoms with E-state index >= 15 is 0 Å². The molecule has 4 heterocycles. The Kier molecular flexibility index (Phi) is 9.74. The second-order valence-corrected chi connectivity index (χ2v) is 15.0. The summed E-state index contributed by atoms with van der Waals surface area (Å²) in [5.41, 5.74) is 2.46. The Labute approximate surface area is 319 Å². The van der Waals surface area contributed by atoms with Crippen molar-refractivity contribution >= 4 is 69.7 Å². The summed E-state index contributed by atoms with van der Waals surface area (Å²) >= 11 is 6.37. The first-order valence-electron chi connectivity index (χ1n) is 18.3. The molecule has 5 aliphatic rings. The minimum absolute atomic E-state index is 0.0233. The van der Waals surface area contributed by atoms with Crippen molar-refractivity contribution in [2.45, 2.75) is 69.5 Å². The van der Waals surface area contributed by atoms with Crippen LogP contribution in [0.5, 0.6) is 0 Å². The molecule has 8 rings (SSSR count). The van der Waals surface area contributed by atoms with E-state index in [0.29, 0.717) is 78.7 Å². The van der Waals surface area contributed by atoms with E-state index in [2.05, 4.69) is 16.0 Å². The van der Waals surface area contributed by atoms with Gasteiger partial charge < -0.3 is 20.4 Å². The van der Waals surface area contributed by atoms with Gasteiger partial charge in [0.25, 0.3) is 18.2 Å². The monoisotopic (exact) mass is 775 g/mol. The molecule has 0 aromatic heterocycles. The number of aliphatic imine (C=N–C) groups is 1. The Morgan fingerprint density at radius 3 is 2.45 bits per heavy atom. The number of amidine groups is 1. The lowest BCUT2D eigenvalue weighted by Crippen LogP contribution is -2.54. The van der Waals surface area contributed by atoms with Crippen molar-refractivity contribution in [2.24, 2.45) is 10.9 Å². The van der Waals surface area contributed by atoms with Gasteiger partial charge in [-0.1, -0.05) is 17.7 Å². The first-order valence-corrected chi connectivity index (χ1v) is 18.7. The van der Waals surface area contributed by atoms with Crippen LogP contribution < -0.4 is 20.9 Å². The molecular weight excluding hydrogens is 739 g/mol. The molecule has 5 amide bonds. The quantitative estimate of drug-likeness (QED) is 0.259. The maximum Gasteiger partial charge on any atom is 0.264 e. The third-order valence-electron chi connectivity index (χ3n) is 11.0. The van der Waals surface area contributed by atoms with E-state index in [0.717, 1.165) is 4.90 Å². The molecule has 3 aromatic rings. The highest BCUT2D eigenvalue weighted by Gasteiger charge is 2.46. The lowest BCUT2D eigenvalue weighted by Gasteiger charge is -2.31. The molecule has 55 heavy (non-hydrogen) atoms. The van der Waals surface area contributed by atoms with E-state index in [1.165, 1.54) is 23.1 Å². The van der Waals surface area contributed by atoms with Crippen molar-refractivity contribution in [1.82, 2.24) is 15.1 Å². The Balaban J connectivity index is 0.925.